The number of hydrogen-bond donors (Lipinski definition) is 2. The van der Waals surface area contributed by atoms with E-state index < -0.39 is 10.0 Å². The number of aromatic amines is 1. The Morgan fingerprint density at radius 3 is 2.54 bits per heavy atom. The molecule has 9 heteroatoms. The summed E-state index contributed by atoms with van der Waals surface area (Å²) in [6.45, 7) is 4.36. The smallest absolute Gasteiger partial charge is 0.270 e. The first kappa shape index (κ1) is 20.9. The van der Waals surface area contributed by atoms with E-state index in [0.717, 1.165) is 25.7 Å². The van der Waals surface area contributed by atoms with Crippen molar-refractivity contribution >= 4 is 21.8 Å². The van der Waals surface area contributed by atoms with Gasteiger partial charge in [0, 0.05) is 38.9 Å². The fourth-order valence-electron chi connectivity index (χ4n) is 3.93. The standard InChI is InChI=1S/C19H30N4O4S/c1-2-20-18(24)15-8-7-11-23(14-15)28(26,27)16-12-17(21-13-16)19(25)22-9-5-3-4-6-10-22/h12-13,15,21H,2-11,14H2,1H3,(H,20,24). The molecule has 1 atom stereocenters. The van der Waals surface area contributed by atoms with Crippen LogP contribution < -0.4 is 5.32 Å². The number of hydrogen-bond acceptors (Lipinski definition) is 4. The molecule has 0 aromatic carbocycles. The SMILES string of the molecule is CCNC(=O)C1CCCN(S(=O)(=O)c2c[nH]c(C(=O)N3CCCCCC3)c2)C1. The lowest BCUT2D eigenvalue weighted by molar-refractivity contribution is -0.125. The molecule has 1 unspecified atom stereocenters. The van der Waals surface area contributed by atoms with Crippen LogP contribution in [0.25, 0.3) is 0 Å². The van der Waals surface area contributed by atoms with Gasteiger partial charge < -0.3 is 15.2 Å². The average Bonchev–Trinajstić information content (AvgIpc) is 3.05. The van der Waals surface area contributed by atoms with Crippen molar-refractivity contribution in [3.05, 3.63) is 18.0 Å². The second kappa shape index (κ2) is 9.09. The predicted molar refractivity (Wildman–Crippen MR) is 105 cm³/mol. The van der Waals surface area contributed by atoms with Crippen molar-refractivity contribution in [2.75, 3.05) is 32.7 Å². The molecule has 1 aromatic rings. The van der Waals surface area contributed by atoms with Crippen molar-refractivity contribution in [3.63, 3.8) is 0 Å². The summed E-state index contributed by atoms with van der Waals surface area (Å²) in [5.74, 6) is -0.587. The van der Waals surface area contributed by atoms with Crippen LogP contribution in [0.1, 0.15) is 55.9 Å². The molecule has 0 bridgehead atoms. The lowest BCUT2D eigenvalue weighted by Crippen LogP contribution is -2.45. The van der Waals surface area contributed by atoms with E-state index in [1.54, 1.807) is 4.90 Å². The molecule has 2 aliphatic rings. The highest BCUT2D eigenvalue weighted by Gasteiger charge is 2.34. The van der Waals surface area contributed by atoms with Gasteiger partial charge in [-0.3, -0.25) is 9.59 Å². The molecule has 28 heavy (non-hydrogen) atoms. The molecule has 0 aliphatic carbocycles. The molecule has 2 amide bonds. The minimum atomic E-state index is -3.74. The minimum absolute atomic E-state index is 0.0854. The number of amides is 2. The number of rotatable bonds is 5. The Hall–Kier alpha value is -1.87. The zero-order valence-corrected chi connectivity index (χ0v) is 17.3. The molecule has 2 saturated heterocycles. The number of aromatic nitrogens is 1. The third kappa shape index (κ3) is 4.57. The Balaban J connectivity index is 1.72. The summed E-state index contributed by atoms with van der Waals surface area (Å²) in [6, 6.07) is 1.43. The van der Waals surface area contributed by atoms with Gasteiger partial charge in [-0.1, -0.05) is 12.8 Å². The van der Waals surface area contributed by atoms with Gasteiger partial charge in [-0.25, -0.2) is 8.42 Å². The van der Waals surface area contributed by atoms with Gasteiger partial charge in [-0.2, -0.15) is 4.31 Å². The summed E-state index contributed by atoms with van der Waals surface area (Å²) in [6.07, 6.45) is 6.91. The quantitative estimate of drug-likeness (QED) is 0.769. The molecule has 0 radical (unpaired) electrons. The molecular formula is C19H30N4O4S. The number of nitrogens with zero attached hydrogens (tertiary/aromatic N) is 2. The number of sulfonamides is 1. The number of carbonyl (C=O) groups is 2. The first-order valence-corrected chi connectivity index (χ1v) is 11.6. The summed E-state index contributed by atoms with van der Waals surface area (Å²) in [4.78, 5) is 29.6. The number of carbonyl (C=O) groups excluding carboxylic acids is 2. The lowest BCUT2D eigenvalue weighted by Gasteiger charge is -2.30. The maximum atomic E-state index is 13.0. The Labute approximate surface area is 166 Å². The molecule has 1 aromatic heterocycles. The van der Waals surface area contributed by atoms with Crippen LogP contribution in [-0.2, 0) is 14.8 Å². The molecule has 0 spiro atoms. The third-order valence-electron chi connectivity index (χ3n) is 5.52. The fourth-order valence-corrected chi connectivity index (χ4v) is 5.45. The van der Waals surface area contributed by atoms with Crippen LogP contribution in [0.2, 0.25) is 0 Å². The summed E-state index contributed by atoms with van der Waals surface area (Å²) >= 11 is 0. The Bertz CT molecular complexity index is 797. The van der Waals surface area contributed by atoms with Gasteiger partial charge in [0.2, 0.25) is 15.9 Å². The fraction of sp³-hybridized carbons (Fsp3) is 0.684. The van der Waals surface area contributed by atoms with E-state index in [1.807, 2.05) is 6.92 Å². The maximum Gasteiger partial charge on any atom is 0.270 e. The molecule has 3 rings (SSSR count). The van der Waals surface area contributed by atoms with Crippen molar-refractivity contribution < 1.29 is 18.0 Å². The predicted octanol–water partition coefficient (Wildman–Crippen LogP) is 1.57. The summed E-state index contributed by atoms with van der Waals surface area (Å²) in [7, 11) is -3.74. The van der Waals surface area contributed by atoms with Crippen LogP contribution >= 0.6 is 0 Å². The molecule has 2 fully saturated rings. The van der Waals surface area contributed by atoms with Gasteiger partial charge in [-0.05, 0) is 38.7 Å². The first-order chi connectivity index (χ1) is 13.4. The molecule has 156 valence electrons. The molecule has 2 N–H and O–H groups in total. The van der Waals surface area contributed by atoms with Crippen molar-refractivity contribution in [1.29, 1.82) is 0 Å². The van der Waals surface area contributed by atoms with E-state index in [4.69, 9.17) is 0 Å². The summed E-state index contributed by atoms with van der Waals surface area (Å²) < 4.78 is 27.4. The number of likely N-dealkylation sites (tertiary alicyclic amines) is 1. The highest BCUT2D eigenvalue weighted by molar-refractivity contribution is 7.89. The Morgan fingerprint density at radius 1 is 1.14 bits per heavy atom. The molecule has 8 nitrogen and oxygen atoms in total. The van der Waals surface area contributed by atoms with E-state index in [1.165, 1.54) is 16.6 Å². The topological polar surface area (TPSA) is 103 Å². The second-order valence-electron chi connectivity index (χ2n) is 7.55. The zero-order chi connectivity index (χ0) is 20.1. The van der Waals surface area contributed by atoms with E-state index in [0.29, 0.717) is 44.7 Å². The highest BCUT2D eigenvalue weighted by atomic mass is 32.2. The van der Waals surface area contributed by atoms with Gasteiger partial charge in [0.05, 0.1) is 5.92 Å². The number of nitrogens with one attached hydrogen (secondary N) is 2. The van der Waals surface area contributed by atoms with Gasteiger partial charge in [0.15, 0.2) is 0 Å². The van der Waals surface area contributed by atoms with E-state index in [9.17, 15) is 18.0 Å². The minimum Gasteiger partial charge on any atom is -0.356 e. The second-order valence-corrected chi connectivity index (χ2v) is 9.49. The first-order valence-electron chi connectivity index (χ1n) is 10.2. The lowest BCUT2D eigenvalue weighted by atomic mass is 9.99. The van der Waals surface area contributed by atoms with Gasteiger partial charge >= 0.3 is 0 Å². The molecular weight excluding hydrogens is 380 g/mol. The zero-order valence-electron chi connectivity index (χ0n) is 16.4. The van der Waals surface area contributed by atoms with Gasteiger partial charge in [0.1, 0.15) is 10.6 Å². The van der Waals surface area contributed by atoms with E-state index in [2.05, 4.69) is 10.3 Å². The van der Waals surface area contributed by atoms with Crippen LogP contribution in [0.5, 0.6) is 0 Å². The van der Waals surface area contributed by atoms with Crippen molar-refractivity contribution in [2.24, 2.45) is 5.92 Å². The van der Waals surface area contributed by atoms with Crippen LogP contribution in [0.4, 0.5) is 0 Å². The van der Waals surface area contributed by atoms with Crippen molar-refractivity contribution in [2.45, 2.75) is 50.3 Å². The van der Waals surface area contributed by atoms with Crippen molar-refractivity contribution in [3.8, 4) is 0 Å². The third-order valence-corrected chi connectivity index (χ3v) is 7.37. The van der Waals surface area contributed by atoms with E-state index >= 15 is 0 Å². The normalized spacial score (nSPS) is 21.9. The highest BCUT2D eigenvalue weighted by Crippen LogP contribution is 2.25. The average molecular weight is 411 g/mol. The summed E-state index contributed by atoms with van der Waals surface area (Å²) in [5.41, 5.74) is 0.303. The van der Waals surface area contributed by atoms with E-state index in [-0.39, 0.29) is 29.2 Å². The number of H-pyrrole nitrogens is 1. The largest absolute Gasteiger partial charge is 0.356 e. The van der Waals surface area contributed by atoms with Crippen LogP contribution in [0.15, 0.2) is 17.2 Å². The molecule has 3 heterocycles. The number of piperidine rings is 1. The maximum absolute atomic E-state index is 13.0. The Morgan fingerprint density at radius 2 is 1.86 bits per heavy atom. The van der Waals surface area contributed by atoms with Crippen LogP contribution in [-0.4, -0.2) is 67.1 Å². The Kier molecular flexibility index (Phi) is 6.77. The van der Waals surface area contributed by atoms with Crippen LogP contribution in [0.3, 0.4) is 0 Å². The monoisotopic (exact) mass is 410 g/mol. The van der Waals surface area contributed by atoms with Gasteiger partial charge in [0.25, 0.3) is 5.91 Å². The molecule has 2 aliphatic heterocycles. The summed E-state index contributed by atoms with van der Waals surface area (Å²) in [5, 5.41) is 2.77. The molecule has 0 saturated carbocycles. The van der Waals surface area contributed by atoms with Crippen molar-refractivity contribution in [1.82, 2.24) is 19.5 Å². The van der Waals surface area contributed by atoms with Crippen LogP contribution in [0, 0.1) is 5.92 Å². The van der Waals surface area contributed by atoms with Gasteiger partial charge in [-0.15, -0.1) is 0 Å².